The van der Waals surface area contributed by atoms with Gasteiger partial charge in [-0.3, -0.25) is 4.90 Å². The Bertz CT molecular complexity index is 398. The first-order chi connectivity index (χ1) is 9.71. The molecule has 0 spiro atoms. The average Bonchev–Trinajstić information content (AvgIpc) is 2.94. The van der Waals surface area contributed by atoms with E-state index in [0.717, 1.165) is 13.1 Å². The largest absolute Gasteiger partial charge is 0.330 e. The normalized spacial score (nSPS) is 24.2. The minimum Gasteiger partial charge on any atom is -0.330 e. The lowest BCUT2D eigenvalue weighted by Crippen LogP contribution is -2.42. The lowest BCUT2D eigenvalue weighted by molar-refractivity contribution is 0.111. The molecule has 1 fully saturated rings. The van der Waals surface area contributed by atoms with Gasteiger partial charge in [0.15, 0.2) is 0 Å². The minimum absolute atomic E-state index is 0.540. The van der Waals surface area contributed by atoms with Crippen molar-refractivity contribution in [1.82, 2.24) is 4.90 Å². The molecule has 2 rings (SSSR count). The first-order valence-corrected chi connectivity index (χ1v) is 8.23. The van der Waals surface area contributed by atoms with Crippen LogP contribution in [0.5, 0.6) is 0 Å². The summed E-state index contributed by atoms with van der Waals surface area (Å²) in [6.45, 7) is 8.71. The molecular weight excluding hydrogens is 244 g/mol. The number of rotatable bonds is 6. The van der Waals surface area contributed by atoms with E-state index in [1.54, 1.807) is 0 Å². The van der Waals surface area contributed by atoms with Gasteiger partial charge in [-0.15, -0.1) is 0 Å². The molecule has 0 bridgehead atoms. The van der Waals surface area contributed by atoms with E-state index in [0.29, 0.717) is 18.0 Å². The summed E-state index contributed by atoms with van der Waals surface area (Å²) in [6, 6.07) is 10.3. The average molecular weight is 274 g/mol. The van der Waals surface area contributed by atoms with Crippen LogP contribution in [0.25, 0.3) is 0 Å². The Balaban J connectivity index is 2.20. The van der Waals surface area contributed by atoms with Gasteiger partial charge in [0.1, 0.15) is 0 Å². The SMILES string of the molecule is CCC(c1ccc(C)cc1)N(CC)C1CCCC1CN. The maximum Gasteiger partial charge on any atom is 0.0348 e. The topological polar surface area (TPSA) is 29.3 Å². The van der Waals surface area contributed by atoms with Gasteiger partial charge in [0, 0.05) is 12.1 Å². The highest BCUT2D eigenvalue weighted by molar-refractivity contribution is 5.24. The lowest BCUT2D eigenvalue weighted by atomic mass is 9.95. The third kappa shape index (κ3) is 3.24. The van der Waals surface area contributed by atoms with E-state index in [-0.39, 0.29) is 0 Å². The highest BCUT2D eigenvalue weighted by Crippen LogP contribution is 2.35. The summed E-state index contributed by atoms with van der Waals surface area (Å²) in [5.41, 5.74) is 8.79. The van der Waals surface area contributed by atoms with Crippen LogP contribution in [0.1, 0.15) is 56.7 Å². The number of aryl methyl sites for hydroxylation is 1. The third-order valence-electron chi connectivity index (χ3n) is 4.96. The number of benzene rings is 1. The van der Waals surface area contributed by atoms with E-state index in [9.17, 15) is 0 Å². The summed E-state index contributed by atoms with van der Waals surface area (Å²) < 4.78 is 0. The van der Waals surface area contributed by atoms with E-state index in [4.69, 9.17) is 5.73 Å². The highest BCUT2D eigenvalue weighted by Gasteiger charge is 2.33. The molecule has 1 aromatic carbocycles. The zero-order valence-corrected chi connectivity index (χ0v) is 13.3. The van der Waals surface area contributed by atoms with E-state index in [1.165, 1.54) is 36.8 Å². The highest BCUT2D eigenvalue weighted by atomic mass is 15.2. The van der Waals surface area contributed by atoms with Crippen molar-refractivity contribution in [3.63, 3.8) is 0 Å². The monoisotopic (exact) mass is 274 g/mol. The van der Waals surface area contributed by atoms with Gasteiger partial charge in [0.05, 0.1) is 0 Å². The lowest BCUT2D eigenvalue weighted by Gasteiger charge is -2.38. The van der Waals surface area contributed by atoms with Crippen LogP contribution in [0, 0.1) is 12.8 Å². The molecule has 0 radical (unpaired) electrons. The van der Waals surface area contributed by atoms with Crippen LogP contribution < -0.4 is 5.73 Å². The molecule has 0 saturated heterocycles. The van der Waals surface area contributed by atoms with Gasteiger partial charge < -0.3 is 5.73 Å². The third-order valence-corrected chi connectivity index (χ3v) is 4.96. The van der Waals surface area contributed by atoms with Gasteiger partial charge >= 0.3 is 0 Å². The van der Waals surface area contributed by atoms with Crippen molar-refractivity contribution < 1.29 is 0 Å². The fraction of sp³-hybridized carbons (Fsp3) is 0.667. The number of nitrogens with zero attached hydrogens (tertiary/aromatic N) is 1. The molecule has 1 aliphatic carbocycles. The Morgan fingerprint density at radius 1 is 1.20 bits per heavy atom. The molecule has 0 heterocycles. The Morgan fingerprint density at radius 2 is 1.90 bits per heavy atom. The Morgan fingerprint density at radius 3 is 2.45 bits per heavy atom. The van der Waals surface area contributed by atoms with Crippen LogP contribution in [0.3, 0.4) is 0 Å². The van der Waals surface area contributed by atoms with Crippen molar-refractivity contribution in [2.24, 2.45) is 11.7 Å². The smallest absolute Gasteiger partial charge is 0.0348 e. The van der Waals surface area contributed by atoms with E-state index in [2.05, 4.69) is 49.9 Å². The summed E-state index contributed by atoms with van der Waals surface area (Å²) in [5.74, 6) is 0.689. The van der Waals surface area contributed by atoms with Crippen LogP contribution in [0.15, 0.2) is 24.3 Å². The summed E-state index contributed by atoms with van der Waals surface area (Å²) in [7, 11) is 0. The molecule has 2 heteroatoms. The Labute approximate surface area is 124 Å². The zero-order valence-electron chi connectivity index (χ0n) is 13.3. The van der Waals surface area contributed by atoms with Crippen LogP contribution in [-0.4, -0.2) is 24.0 Å². The zero-order chi connectivity index (χ0) is 14.5. The molecule has 1 aromatic rings. The minimum atomic E-state index is 0.540. The van der Waals surface area contributed by atoms with Gasteiger partial charge in [0.2, 0.25) is 0 Å². The molecular formula is C18H30N2. The predicted octanol–water partition coefficient (Wildman–Crippen LogP) is 3.90. The van der Waals surface area contributed by atoms with Gasteiger partial charge in [0.25, 0.3) is 0 Å². The van der Waals surface area contributed by atoms with Crippen molar-refractivity contribution >= 4 is 0 Å². The van der Waals surface area contributed by atoms with Gasteiger partial charge in [-0.25, -0.2) is 0 Å². The molecule has 3 atom stereocenters. The summed E-state index contributed by atoms with van der Waals surface area (Å²) in [6.07, 6.45) is 5.14. The van der Waals surface area contributed by atoms with Crippen molar-refractivity contribution in [1.29, 1.82) is 0 Å². The first-order valence-electron chi connectivity index (χ1n) is 8.23. The summed E-state index contributed by atoms with van der Waals surface area (Å²) in [4.78, 5) is 2.70. The molecule has 3 unspecified atom stereocenters. The second-order valence-corrected chi connectivity index (χ2v) is 6.16. The van der Waals surface area contributed by atoms with Gasteiger partial charge in [-0.2, -0.15) is 0 Å². The van der Waals surface area contributed by atoms with Crippen molar-refractivity contribution in [3.8, 4) is 0 Å². The molecule has 112 valence electrons. The van der Waals surface area contributed by atoms with Crippen LogP contribution in [0.4, 0.5) is 0 Å². The molecule has 20 heavy (non-hydrogen) atoms. The van der Waals surface area contributed by atoms with E-state index in [1.807, 2.05) is 0 Å². The molecule has 0 amide bonds. The quantitative estimate of drug-likeness (QED) is 0.852. The number of nitrogens with two attached hydrogens (primary N) is 1. The summed E-state index contributed by atoms with van der Waals surface area (Å²) in [5, 5.41) is 0. The molecule has 0 aliphatic heterocycles. The molecule has 2 nitrogen and oxygen atoms in total. The maximum atomic E-state index is 5.99. The maximum absolute atomic E-state index is 5.99. The second-order valence-electron chi connectivity index (χ2n) is 6.16. The standard InChI is InChI=1S/C18H30N2/c1-4-17(15-11-9-14(3)10-12-15)20(5-2)18-8-6-7-16(18)13-19/h9-12,16-18H,4-8,13,19H2,1-3H3. The second kappa shape index (κ2) is 7.24. The predicted molar refractivity (Wildman–Crippen MR) is 86.8 cm³/mol. The van der Waals surface area contributed by atoms with Gasteiger partial charge in [-0.1, -0.05) is 50.1 Å². The first kappa shape index (κ1) is 15.5. The molecule has 2 N–H and O–H groups in total. The number of hydrogen-bond donors (Lipinski definition) is 1. The van der Waals surface area contributed by atoms with Crippen molar-refractivity contribution in [3.05, 3.63) is 35.4 Å². The van der Waals surface area contributed by atoms with Crippen molar-refractivity contribution in [2.75, 3.05) is 13.1 Å². The van der Waals surface area contributed by atoms with E-state index < -0.39 is 0 Å². The fourth-order valence-corrected chi connectivity index (χ4v) is 3.87. The van der Waals surface area contributed by atoms with Crippen LogP contribution in [0.2, 0.25) is 0 Å². The molecule has 0 aromatic heterocycles. The Hall–Kier alpha value is -0.860. The molecule has 1 saturated carbocycles. The fourth-order valence-electron chi connectivity index (χ4n) is 3.87. The van der Waals surface area contributed by atoms with Crippen LogP contribution >= 0.6 is 0 Å². The Kier molecular flexibility index (Phi) is 5.62. The van der Waals surface area contributed by atoms with Crippen molar-refractivity contribution in [2.45, 2.75) is 58.5 Å². The van der Waals surface area contributed by atoms with Gasteiger partial charge in [-0.05, 0) is 50.8 Å². The molecule has 1 aliphatic rings. The summed E-state index contributed by atoms with van der Waals surface area (Å²) >= 11 is 0. The van der Waals surface area contributed by atoms with E-state index >= 15 is 0 Å². The number of hydrogen-bond acceptors (Lipinski definition) is 2. The van der Waals surface area contributed by atoms with Crippen LogP contribution in [-0.2, 0) is 0 Å².